The third kappa shape index (κ3) is 6.99. The lowest BCUT2D eigenvalue weighted by Gasteiger charge is -2.39. The molecule has 0 saturated carbocycles. The van der Waals surface area contributed by atoms with Gasteiger partial charge in [-0.05, 0) is 48.1 Å². The molecule has 0 aliphatic carbocycles. The third-order valence-electron chi connectivity index (χ3n) is 5.85. The summed E-state index contributed by atoms with van der Waals surface area (Å²) in [6.45, 7) is 16.6. The van der Waals surface area contributed by atoms with Crippen LogP contribution in [0.5, 0.6) is 11.5 Å². The monoisotopic (exact) mass is 435 g/mol. The van der Waals surface area contributed by atoms with Crippen molar-refractivity contribution in [2.24, 2.45) is 16.9 Å². The lowest BCUT2D eigenvalue weighted by Crippen LogP contribution is -2.43. The van der Waals surface area contributed by atoms with E-state index in [1.807, 2.05) is 24.3 Å². The van der Waals surface area contributed by atoms with E-state index < -0.39 is 8.32 Å². The van der Waals surface area contributed by atoms with E-state index in [0.717, 1.165) is 22.6 Å². The number of ether oxygens (including phenoxy) is 2. The van der Waals surface area contributed by atoms with Crippen molar-refractivity contribution >= 4 is 8.32 Å². The number of nitrogens with two attached hydrogens (primary N) is 2. The van der Waals surface area contributed by atoms with Gasteiger partial charge in [-0.3, -0.25) is 0 Å². The van der Waals surface area contributed by atoms with Gasteiger partial charge in [0.2, 0.25) is 0 Å². The molecule has 5 N–H and O–H groups in total. The summed E-state index contributed by atoms with van der Waals surface area (Å²) < 4.78 is 17.1. The first-order chi connectivity index (χ1) is 13.8. The van der Waals surface area contributed by atoms with Gasteiger partial charge >= 0.3 is 0 Å². The summed E-state index contributed by atoms with van der Waals surface area (Å²) in [7, 11) is 1.42. The van der Waals surface area contributed by atoms with Gasteiger partial charge in [-0.1, -0.05) is 34.6 Å². The number of hydrogen-bond acceptors (Lipinski definition) is 6. The zero-order valence-electron chi connectivity index (χ0n) is 20.2. The van der Waals surface area contributed by atoms with Crippen molar-refractivity contribution in [1.29, 1.82) is 0 Å². The highest BCUT2D eigenvalue weighted by Gasteiger charge is 2.38. The zero-order chi connectivity index (χ0) is 23.2. The van der Waals surface area contributed by atoms with Gasteiger partial charge in [0.25, 0.3) is 0 Å². The summed E-state index contributed by atoms with van der Waals surface area (Å²) in [5.41, 5.74) is 13.8. The van der Waals surface area contributed by atoms with E-state index >= 15 is 0 Å². The van der Waals surface area contributed by atoms with Gasteiger partial charge in [0.1, 0.15) is 11.5 Å². The molecule has 0 atom stereocenters. The third-order valence-corrected chi connectivity index (χ3v) is 10.3. The Morgan fingerprint density at radius 3 is 2.23 bits per heavy atom. The van der Waals surface area contributed by atoms with Crippen molar-refractivity contribution in [2.75, 3.05) is 20.8 Å². The smallest absolute Gasteiger partial charge is 0.192 e. The van der Waals surface area contributed by atoms with Crippen molar-refractivity contribution in [3.8, 4) is 11.5 Å². The predicted octanol–water partition coefficient (Wildman–Crippen LogP) is 4.48. The number of hydrogen-bond donors (Lipinski definition) is 3. The van der Waals surface area contributed by atoms with Crippen molar-refractivity contribution < 1.29 is 13.9 Å². The summed E-state index contributed by atoms with van der Waals surface area (Å²) in [6.07, 6.45) is 3.49. The molecule has 0 aliphatic heterocycles. The SMILES string of the molecule is COc1ccc(CN/C(N)=C/C(=C\N)C(C)(C)CO[Si](C)(C)C(C)(C)C)c(OC)c1. The van der Waals surface area contributed by atoms with Crippen LogP contribution in [0.25, 0.3) is 0 Å². The minimum atomic E-state index is -1.85. The maximum atomic E-state index is 6.43. The molecule has 0 saturated heterocycles. The molecule has 30 heavy (non-hydrogen) atoms. The van der Waals surface area contributed by atoms with Gasteiger partial charge in [-0.2, -0.15) is 0 Å². The van der Waals surface area contributed by atoms with E-state index in [9.17, 15) is 0 Å². The molecule has 0 heterocycles. The maximum absolute atomic E-state index is 6.43. The Kier molecular flexibility index (Phi) is 8.86. The highest BCUT2D eigenvalue weighted by atomic mass is 28.4. The van der Waals surface area contributed by atoms with Gasteiger partial charge in [-0.15, -0.1) is 0 Å². The van der Waals surface area contributed by atoms with E-state index in [4.69, 9.17) is 25.4 Å². The van der Waals surface area contributed by atoms with E-state index in [1.165, 1.54) is 0 Å². The molecule has 0 bridgehead atoms. The molecule has 1 rings (SSSR count). The van der Waals surface area contributed by atoms with E-state index in [-0.39, 0.29) is 10.5 Å². The normalized spacial score (nSPS) is 13.9. The average Bonchev–Trinajstić information content (AvgIpc) is 2.67. The highest BCUT2D eigenvalue weighted by Crippen LogP contribution is 2.38. The number of rotatable bonds is 10. The lowest BCUT2D eigenvalue weighted by atomic mass is 9.85. The molecular formula is C23H41N3O3Si. The van der Waals surface area contributed by atoms with Crippen molar-refractivity contribution in [2.45, 2.75) is 59.3 Å². The summed E-state index contributed by atoms with van der Waals surface area (Å²) in [5, 5.41) is 3.39. The van der Waals surface area contributed by atoms with Crippen LogP contribution in [0.4, 0.5) is 0 Å². The molecule has 0 spiro atoms. The molecule has 1 aromatic carbocycles. The lowest BCUT2D eigenvalue weighted by molar-refractivity contribution is 0.196. The van der Waals surface area contributed by atoms with Crippen molar-refractivity contribution in [1.82, 2.24) is 5.32 Å². The molecule has 0 fully saturated rings. The summed E-state index contributed by atoms with van der Waals surface area (Å²) in [4.78, 5) is 0. The number of nitrogens with one attached hydrogen (secondary N) is 1. The number of benzene rings is 1. The van der Waals surface area contributed by atoms with Crippen LogP contribution in [0.1, 0.15) is 40.2 Å². The van der Waals surface area contributed by atoms with Crippen LogP contribution >= 0.6 is 0 Å². The Bertz CT molecular complexity index is 765. The summed E-state index contributed by atoms with van der Waals surface area (Å²) >= 11 is 0. The Hall–Kier alpha value is -2.12. The van der Waals surface area contributed by atoms with E-state index in [2.05, 4.69) is 53.0 Å². The second-order valence-electron chi connectivity index (χ2n) is 9.69. The van der Waals surface area contributed by atoms with Crippen LogP contribution in [0.3, 0.4) is 0 Å². The second-order valence-corrected chi connectivity index (χ2v) is 14.5. The van der Waals surface area contributed by atoms with E-state index in [1.54, 1.807) is 20.4 Å². The first-order valence-corrected chi connectivity index (χ1v) is 13.2. The van der Waals surface area contributed by atoms with Gasteiger partial charge in [-0.25, -0.2) is 0 Å². The predicted molar refractivity (Wildman–Crippen MR) is 128 cm³/mol. The molecule has 0 unspecified atom stereocenters. The van der Waals surface area contributed by atoms with Gasteiger partial charge < -0.3 is 30.7 Å². The fourth-order valence-electron chi connectivity index (χ4n) is 2.54. The first kappa shape index (κ1) is 25.9. The molecule has 0 aromatic heterocycles. The fourth-order valence-corrected chi connectivity index (χ4v) is 3.70. The molecule has 7 heteroatoms. The fraction of sp³-hybridized carbons (Fsp3) is 0.565. The Morgan fingerprint density at radius 1 is 1.10 bits per heavy atom. The van der Waals surface area contributed by atoms with Crippen LogP contribution in [0.2, 0.25) is 18.1 Å². The first-order valence-electron chi connectivity index (χ1n) is 10.3. The van der Waals surface area contributed by atoms with Gasteiger partial charge in [0.05, 0.1) is 20.0 Å². The largest absolute Gasteiger partial charge is 0.497 e. The Morgan fingerprint density at radius 2 is 1.73 bits per heavy atom. The van der Waals surface area contributed by atoms with Crippen LogP contribution in [-0.4, -0.2) is 29.1 Å². The molecule has 1 aromatic rings. The summed E-state index contributed by atoms with van der Waals surface area (Å²) in [5.74, 6) is 2.02. The standard InChI is InChI=1S/C23H41N3O3Si/c1-22(2,3)30(8,9)29-16-23(4,5)18(14-24)12-21(25)26-15-17-10-11-19(27-6)13-20(17)28-7/h10-14,26H,15-16,24-25H2,1-9H3/b18-14+,21-12+. The quantitative estimate of drug-likeness (QED) is 0.371. The van der Waals surface area contributed by atoms with Crippen molar-refractivity contribution in [3.05, 3.63) is 47.4 Å². The second kappa shape index (κ2) is 10.3. The van der Waals surface area contributed by atoms with Crippen LogP contribution in [-0.2, 0) is 11.0 Å². The van der Waals surface area contributed by atoms with E-state index in [0.29, 0.717) is 19.0 Å². The van der Waals surface area contributed by atoms with Crippen LogP contribution < -0.4 is 26.3 Å². The van der Waals surface area contributed by atoms with Crippen LogP contribution in [0, 0.1) is 5.41 Å². The number of methoxy groups -OCH3 is 2. The Labute approximate surface area is 183 Å². The molecule has 170 valence electrons. The average molecular weight is 436 g/mol. The minimum absolute atomic E-state index is 0.156. The molecule has 0 amide bonds. The molecule has 0 aliphatic rings. The number of allylic oxidation sites excluding steroid dienone is 1. The highest BCUT2D eigenvalue weighted by molar-refractivity contribution is 6.74. The Balaban J connectivity index is 2.86. The summed E-state index contributed by atoms with van der Waals surface area (Å²) in [6, 6.07) is 5.70. The topological polar surface area (TPSA) is 91.8 Å². The minimum Gasteiger partial charge on any atom is -0.497 e. The molecule has 6 nitrogen and oxygen atoms in total. The van der Waals surface area contributed by atoms with Crippen LogP contribution in [0.15, 0.2) is 41.9 Å². The maximum Gasteiger partial charge on any atom is 0.192 e. The molecular weight excluding hydrogens is 394 g/mol. The van der Waals surface area contributed by atoms with Crippen molar-refractivity contribution in [3.63, 3.8) is 0 Å². The molecule has 0 radical (unpaired) electrons. The zero-order valence-corrected chi connectivity index (χ0v) is 21.2. The van der Waals surface area contributed by atoms with Gasteiger partial charge in [0, 0.05) is 30.2 Å². The van der Waals surface area contributed by atoms with Gasteiger partial charge in [0.15, 0.2) is 8.32 Å².